The molecule has 7 nitrogen and oxygen atoms in total. The van der Waals surface area contributed by atoms with Gasteiger partial charge in [0.2, 0.25) is 0 Å². The average Bonchev–Trinajstić information content (AvgIpc) is 3.46. The molecule has 5 rings (SSSR count). The molecule has 0 saturated heterocycles. The van der Waals surface area contributed by atoms with Crippen molar-refractivity contribution in [2.75, 3.05) is 12.0 Å². The summed E-state index contributed by atoms with van der Waals surface area (Å²) in [5.41, 5.74) is 3.93. The van der Waals surface area contributed by atoms with Crippen molar-refractivity contribution >= 4 is 23.2 Å². The largest absolute Gasteiger partial charge is 0.497 e. The molecule has 2 aromatic carbocycles. The number of methoxy groups -OCH3 is 1. The van der Waals surface area contributed by atoms with Gasteiger partial charge in [0.1, 0.15) is 16.8 Å². The van der Waals surface area contributed by atoms with E-state index in [1.807, 2.05) is 48.7 Å². The van der Waals surface area contributed by atoms with Crippen LogP contribution in [0.5, 0.6) is 5.75 Å². The van der Waals surface area contributed by atoms with Crippen molar-refractivity contribution in [1.82, 2.24) is 9.13 Å². The predicted molar refractivity (Wildman–Crippen MR) is 142 cm³/mol. The third-order valence-corrected chi connectivity index (χ3v) is 6.92. The Labute approximate surface area is 219 Å². The SMILES string of the molecule is COc1ccc(Cn2cc(N3C(=O)c4ccn(C(C)C)c4C3c3ccc(C#N)cc3)cc(Cl)c2=O)cc1. The number of fused-ring (bicyclic) bond motifs is 1. The van der Waals surface area contributed by atoms with Gasteiger partial charge in [-0.2, -0.15) is 5.26 Å². The number of pyridine rings is 1. The maximum atomic E-state index is 13.8. The first-order chi connectivity index (χ1) is 17.8. The molecule has 1 atom stereocenters. The summed E-state index contributed by atoms with van der Waals surface area (Å²) < 4.78 is 8.83. The van der Waals surface area contributed by atoms with Crippen molar-refractivity contribution in [2.24, 2.45) is 0 Å². The quantitative estimate of drug-likeness (QED) is 0.338. The number of carbonyl (C=O) groups is 1. The normalized spacial score (nSPS) is 14.6. The molecule has 37 heavy (non-hydrogen) atoms. The number of anilines is 1. The summed E-state index contributed by atoms with van der Waals surface area (Å²) in [6, 6.07) is 19.9. The van der Waals surface area contributed by atoms with E-state index in [9.17, 15) is 14.9 Å². The fourth-order valence-electron chi connectivity index (χ4n) is 4.82. The van der Waals surface area contributed by atoms with Gasteiger partial charge in [0.25, 0.3) is 11.5 Å². The molecule has 2 aromatic heterocycles. The van der Waals surface area contributed by atoms with Crippen LogP contribution in [0.15, 0.2) is 77.9 Å². The Balaban J connectivity index is 1.63. The Hall–Kier alpha value is -4.28. The van der Waals surface area contributed by atoms with Crippen molar-refractivity contribution in [3.05, 3.63) is 116 Å². The van der Waals surface area contributed by atoms with E-state index in [4.69, 9.17) is 16.3 Å². The van der Waals surface area contributed by atoms with E-state index in [2.05, 4.69) is 24.5 Å². The monoisotopic (exact) mass is 512 g/mol. The lowest BCUT2D eigenvalue weighted by Crippen LogP contribution is -2.32. The zero-order valence-corrected chi connectivity index (χ0v) is 21.4. The molecule has 0 fully saturated rings. The fourth-order valence-corrected chi connectivity index (χ4v) is 5.04. The molecule has 1 unspecified atom stereocenters. The number of nitriles is 1. The van der Waals surface area contributed by atoms with Crippen molar-refractivity contribution in [1.29, 1.82) is 5.26 Å². The standard InChI is InChI=1S/C29H25ClN4O3/c1-18(2)33-13-12-24-27(33)26(21-8-4-19(15-31)5-9-21)34(28(24)35)22-14-25(30)29(36)32(17-22)16-20-6-10-23(37-3)11-7-20/h4-14,17-18,26H,16H2,1-3H3. The first-order valence-electron chi connectivity index (χ1n) is 11.9. The number of ether oxygens (including phenoxy) is 1. The van der Waals surface area contributed by atoms with Crippen LogP contribution >= 0.6 is 11.6 Å². The number of benzene rings is 2. The summed E-state index contributed by atoms with van der Waals surface area (Å²) in [5, 5.41) is 9.30. The third kappa shape index (κ3) is 4.30. The zero-order valence-electron chi connectivity index (χ0n) is 20.7. The smallest absolute Gasteiger partial charge is 0.269 e. The Morgan fingerprint density at radius 2 is 1.76 bits per heavy atom. The van der Waals surface area contributed by atoms with Crippen LogP contribution < -0.4 is 15.2 Å². The molecule has 4 aromatic rings. The van der Waals surface area contributed by atoms with Crippen LogP contribution in [-0.4, -0.2) is 22.2 Å². The lowest BCUT2D eigenvalue weighted by atomic mass is 10.0. The van der Waals surface area contributed by atoms with Crippen molar-refractivity contribution in [3.63, 3.8) is 0 Å². The van der Waals surface area contributed by atoms with E-state index in [1.165, 1.54) is 4.57 Å². The number of aromatic nitrogens is 2. The second-order valence-corrected chi connectivity index (χ2v) is 9.66. The molecule has 8 heteroatoms. The Kier molecular flexibility index (Phi) is 6.36. The summed E-state index contributed by atoms with van der Waals surface area (Å²) in [7, 11) is 1.60. The number of hydrogen-bond donors (Lipinski definition) is 0. The molecule has 0 spiro atoms. The summed E-state index contributed by atoms with van der Waals surface area (Å²) in [4.78, 5) is 28.4. The predicted octanol–water partition coefficient (Wildman–Crippen LogP) is 5.56. The van der Waals surface area contributed by atoms with Crippen LogP contribution in [0.2, 0.25) is 5.02 Å². The van der Waals surface area contributed by atoms with E-state index < -0.39 is 6.04 Å². The van der Waals surface area contributed by atoms with E-state index in [-0.39, 0.29) is 29.1 Å². The van der Waals surface area contributed by atoms with Gasteiger partial charge in [-0.15, -0.1) is 0 Å². The molecular weight excluding hydrogens is 488 g/mol. The van der Waals surface area contributed by atoms with Gasteiger partial charge in [0.05, 0.1) is 42.2 Å². The molecule has 3 heterocycles. The van der Waals surface area contributed by atoms with Crippen molar-refractivity contribution < 1.29 is 9.53 Å². The Morgan fingerprint density at radius 1 is 1.05 bits per heavy atom. The van der Waals surface area contributed by atoms with Crippen LogP contribution in [0.3, 0.4) is 0 Å². The minimum absolute atomic E-state index is 0.0284. The van der Waals surface area contributed by atoms with Gasteiger partial charge in [0, 0.05) is 18.4 Å². The molecule has 186 valence electrons. The van der Waals surface area contributed by atoms with Gasteiger partial charge in [-0.25, -0.2) is 0 Å². The Bertz CT molecular complexity index is 1580. The first kappa shape index (κ1) is 24.4. The van der Waals surface area contributed by atoms with Gasteiger partial charge >= 0.3 is 0 Å². The number of halogens is 1. The maximum absolute atomic E-state index is 13.8. The second-order valence-electron chi connectivity index (χ2n) is 9.25. The molecule has 1 amide bonds. The summed E-state index contributed by atoms with van der Waals surface area (Å²) in [5.74, 6) is 0.550. The molecule has 0 bridgehead atoms. The lowest BCUT2D eigenvalue weighted by molar-refractivity contribution is 0.0993. The fraction of sp³-hybridized carbons (Fsp3) is 0.207. The van der Waals surface area contributed by atoms with Crippen molar-refractivity contribution in [3.8, 4) is 11.8 Å². The van der Waals surface area contributed by atoms with Gasteiger partial charge in [-0.3, -0.25) is 14.5 Å². The number of rotatable bonds is 6. The van der Waals surface area contributed by atoms with Gasteiger partial charge in [0.15, 0.2) is 0 Å². The van der Waals surface area contributed by atoms with Crippen molar-refractivity contribution in [2.45, 2.75) is 32.5 Å². The van der Waals surface area contributed by atoms with Crippen LogP contribution in [0, 0.1) is 11.3 Å². The second kappa shape index (κ2) is 9.64. The van der Waals surface area contributed by atoms with E-state index in [1.54, 1.807) is 36.4 Å². The molecule has 1 aliphatic heterocycles. The van der Waals surface area contributed by atoms with Gasteiger partial charge < -0.3 is 13.9 Å². The van der Waals surface area contributed by atoms with E-state index in [0.29, 0.717) is 16.8 Å². The number of hydrogen-bond acceptors (Lipinski definition) is 4. The molecule has 0 aliphatic carbocycles. The highest BCUT2D eigenvalue weighted by molar-refractivity contribution is 6.30. The van der Waals surface area contributed by atoms with Gasteiger partial charge in [-0.1, -0.05) is 35.9 Å². The lowest BCUT2D eigenvalue weighted by Gasteiger charge is -2.28. The van der Waals surface area contributed by atoms with Gasteiger partial charge in [-0.05, 0) is 61.4 Å². The highest BCUT2D eigenvalue weighted by atomic mass is 35.5. The first-order valence-corrected chi connectivity index (χ1v) is 12.3. The third-order valence-electron chi connectivity index (χ3n) is 6.65. The minimum Gasteiger partial charge on any atom is -0.497 e. The molecule has 1 aliphatic rings. The molecule has 0 radical (unpaired) electrons. The highest BCUT2D eigenvalue weighted by Gasteiger charge is 2.42. The summed E-state index contributed by atoms with van der Waals surface area (Å²) in [6.07, 6.45) is 3.61. The summed E-state index contributed by atoms with van der Waals surface area (Å²) >= 11 is 6.43. The van der Waals surface area contributed by atoms with Crippen LogP contribution in [0.1, 0.15) is 58.7 Å². The molecular formula is C29H25ClN4O3. The molecule has 0 N–H and O–H groups in total. The highest BCUT2D eigenvalue weighted by Crippen LogP contribution is 2.43. The topological polar surface area (TPSA) is 80.3 Å². The average molecular weight is 513 g/mol. The van der Waals surface area contributed by atoms with E-state index >= 15 is 0 Å². The zero-order chi connectivity index (χ0) is 26.3. The van der Waals surface area contributed by atoms with Crippen LogP contribution in [0.4, 0.5) is 5.69 Å². The molecule has 0 saturated carbocycles. The Morgan fingerprint density at radius 3 is 2.38 bits per heavy atom. The maximum Gasteiger partial charge on any atom is 0.269 e. The summed E-state index contributed by atoms with van der Waals surface area (Å²) in [6.45, 7) is 4.41. The number of nitrogens with zero attached hydrogens (tertiary/aromatic N) is 4. The van der Waals surface area contributed by atoms with Crippen LogP contribution in [-0.2, 0) is 6.54 Å². The van der Waals surface area contributed by atoms with E-state index in [0.717, 1.165) is 22.6 Å². The van der Waals surface area contributed by atoms with Crippen LogP contribution in [0.25, 0.3) is 0 Å². The number of amides is 1. The minimum atomic E-state index is -0.448. The number of carbonyl (C=O) groups excluding carboxylic acids is 1.